The maximum Gasteiger partial charge on any atom is 0.229 e. The van der Waals surface area contributed by atoms with Gasteiger partial charge in [-0.2, -0.15) is 4.98 Å². The molecule has 2 aliphatic rings. The number of rotatable bonds is 1. The number of anilines is 3. The van der Waals surface area contributed by atoms with Crippen molar-refractivity contribution in [3.05, 3.63) is 76.5 Å². The number of hydrogen-bond acceptors (Lipinski definition) is 6. The van der Waals surface area contributed by atoms with Gasteiger partial charge in [0.1, 0.15) is 24.0 Å². The highest BCUT2D eigenvalue weighted by molar-refractivity contribution is 5.68. The third-order valence-corrected chi connectivity index (χ3v) is 5.86. The number of benzene rings is 2. The molecule has 1 aliphatic heterocycles. The Labute approximate surface area is 185 Å². The van der Waals surface area contributed by atoms with Crippen LogP contribution in [-0.4, -0.2) is 34.3 Å². The second kappa shape index (κ2) is 8.44. The normalized spacial score (nSPS) is 19.7. The first-order valence-corrected chi connectivity index (χ1v) is 10.6. The standard InChI is InChI=1S/C24H22FN5O2/c1-26-20-9-6-16-12-21(20)32-13-17(31)10-11-27-23-19-8-7-18(14-2-4-15(25)5-3-14)22(19)29-24(28-16)30-23/h2-6,9,12,17-18,31H,7-8,10-11,13H2,(H2,27,28,29,30). The van der Waals surface area contributed by atoms with Crippen molar-refractivity contribution in [2.75, 3.05) is 23.8 Å². The molecule has 2 heterocycles. The predicted molar refractivity (Wildman–Crippen MR) is 119 cm³/mol. The number of ether oxygens (including phenoxy) is 1. The minimum atomic E-state index is -0.681. The maximum absolute atomic E-state index is 13.4. The summed E-state index contributed by atoms with van der Waals surface area (Å²) in [5, 5.41) is 16.9. The molecule has 0 spiro atoms. The van der Waals surface area contributed by atoms with Gasteiger partial charge in [-0.25, -0.2) is 14.2 Å². The second-order valence-corrected chi connectivity index (χ2v) is 8.00. The van der Waals surface area contributed by atoms with Crippen molar-refractivity contribution >= 4 is 23.1 Å². The van der Waals surface area contributed by atoms with Crippen LogP contribution in [0.15, 0.2) is 42.5 Å². The smallest absolute Gasteiger partial charge is 0.229 e. The zero-order chi connectivity index (χ0) is 22.1. The lowest BCUT2D eigenvalue weighted by molar-refractivity contribution is 0.103. The molecular weight excluding hydrogens is 409 g/mol. The van der Waals surface area contributed by atoms with Crippen LogP contribution in [0.3, 0.4) is 0 Å². The SMILES string of the molecule is [C-]#[N+]c1ccc2cc1OCC(O)CCNc1nc(nc3c1CCC3c1ccc(F)cc1)N2. The second-order valence-electron chi connectivity index (χ2n) is 8.00. The van der Waals surface area contributed by atoms with Gasteiger partial charge in [0.05, 0.1) is 18.4 Å². The van der Waals surface area contributed by atoms with Crippen molar-refractivity contribution in [3.8, 4) is 5.75 Å². The van der Waals surface area contributed by atoms with Crippen molar-refractivity contribution in [3.63, 3.8) is 0 Å². The van der Waals surface area contributed by atoms with Crippen LogP contribution in [0.1, 0.15) is 35.6 Å². The summed E-state index contributed by atoms with van der Waals surface area (Å²) in [6.07, 6.45) is 1.47. The van der Waals surface area contributed by atoms with E-state index >= 15 is 0 Å². The van der Waals surface area contributed by atoms with Gasteiger partial charge in [0.15, 0.2) is 0 Å². The molecule has 3 N–H and O–H groups in total. The highest BCUT2D eigenvalue weighted by atomic mass is 19.1. The van der Waals surface area contributed by atoms with Crippen LogP contribution in [-0.2, 0) is 6.42 Å². The molecule has 0 radical (unpaired) electrons. The van der Waals surface area contributed by atoms with Crippen molar-refractivity contribution in [1.82, 2.24) is 9.97 Å². The molecule has 2 unspecified atom stereocenters. The van der Waals surface area contributed by atoms with E-state index in [2.05, 4.69) is 15.5 Å². The monoisotopic (exact) mass is 431 g/mol. The van der Waals surface area contributed by atoms with Crippen LogP contribution < -0.4 is 15.4 Å². The molecule has 2 aromatic carbocycles. The van der Waals surface area contributed by atoms with Crippen molar-refractivity contribution in [2.45, 2.75) is 31.3 Å². The largest absolute Gasteiger partial charge is 0.502 e. The van der Waals surface area contributed by atoms with Crippen LogP contribution in [0.2, 0.25) is 0 Å². The molecule has 32 heavy (non-hydrogen) atoms. The summed E-state index contributed by atoms with van der Waals surface area (Å²) < 4.78 is 19.2. The van der Waals surface area contributed by atoms with Gasteiger partial charge in [0.25, 0.3) is 0 Å². The number of nitrogens with one attached hydrogen (secondary N) is 2. The highest BCUT2D eigenvalue weighted by Gasteiger charge is 2.30. The molecule has 0 amide bonds. The van der Waals surface area contributed by atoms with Crippen molar-refractivity contribution in [1.29, 1.82) is 0 Å². The van der Waals surface area contributed by atoms with E-state index in [0.29, 0.717) is 36.0 Å². The highest BCUT2D eigenvalue weighted by Crippen LogP contribution is 2.41. The Morgan fingerprint density at radius 2 is 1.97 bits per heavy atom. The summed E-state index contributed by atoms with van der Waals surface area (Å²) in [4.78, 5) is 13.0. The number of aliphatic hydroxyl groups excluding tert-OH is 1. The lowest BCUT2D eigenvalue weighted by atomic mass is 9.97. The zero-order valence-electron chi connectivity index (χ0n) is 17.3. The summed E-state index contributed by atoms with van der Waals surface area (Å²) in [6, 6.07) is 11.7. The van der Waals surface area contributed by atoms with Crippen molar-refractivity contribution < 1.29 is 14.2 Å². The Balaban J connectivity index is 1.57. The fourth-order valence-electron chi connectivity index (χ4n) is 4.24. The molecule has 1 aliphatic carbocycles. The number of aromatic nitrogens is 2. The summed E-state index contributed by atoms with van der Waals surface area (Å²) in [7, 11) is 0. The predicted octanol–water partition coefficient (Wildman–Crippen LogP) is 4.54. The summed E-state index contributed by atoms with van der Waals surface area (Å²) in [5.74, 6) is 1.37. The Kier molecular flexibility index (Phi) is 5.33. The fourth-order valence-corrected chi connectivity index (χ4v) is 4.24. The van der Waals surface area contributed by atoms with Crippen molar-refractivity contribution in [2.24, 2.45) is 0 Å². The van der Waals surface area contributed by atoms with Gasteiger partial charge in [-0.3, -0.25) is 0 Å². The van der Waals surface area contributed by atoms with Gasteiger partial charge in [-0.1, -0.05) is 18.2 Å². The van der Waals surface area contributed by atoms with E-state index in [4.69, 9.17) is 21.3 Å². The molecule has 3 aromatic rings. The fraction of sp³-hybridized carbons (Fsp3) is 0.292. The third-order valence-electron chi connectivity index (χ3n) is 5.86. The molecule has 162 valence electrons. The first-order valence-electron chi connectivity index (χ1n) is 10.6. The first-order chi connectivity index (χ1) is 15.6. The summed E-state index contributed by atoms with van der Waals surface area (Å²) >= 11 is 0. The Bertz CT molecular complexity index is 1190. The Morgan fingerprint density at radius 3 is 2.78 bits per heavy atom. The van der Waals surface area contributed by atoms with Gasteiger partial charge in [0, 0.05) is 23.7 Å². The number of halogens is 1. The van der Waals surface area contributed by atoms with Crippen LogP contribution in [0.5, 0.6) is 5.75 Å². The van der Waals surface area contributed by atoms with E-state index < -0.39 is 6.10 Å². The lowest BCUT2D eigenvalue weighted by Crippen LogP contribution is -2.21. The summed E-state index contributed by atoms with van der Waals surface area (Å²) in [5.41, 5.74) is 4.05. The first kappa shape index (κ1) is 20.2. The maximum atomic E-state index is 13.4. The van der Waals surface area contributed by atoms with E-state index in [1.165, 1.54) is 12.1 Å². The molecule has 5 rings (SSSR count). The molecule has 4 bridgehead atoms. The number of fused-ring (bicyclic) bond motifs is 6. The minimum Gasteiger partial charge on any atom is -0.502 e. The van der Waals surface area contributed by atoms with Crippen LogP contribution in [0, 0.1) is 12.4 Å². The number of aliphatic hydroxyl groups is 1. The quantitative estimate of drug-likeness (QED) is 0.491. The topological polar surface area (TPSA) is 83.7 Å². The van der Waals surface area contributed by atoms with Gasteiger partial charge in [-0.05, 0) is 49.1 Å². The Morgan fingerprint density at radius 1 is 1.12 bits per heavy atom. The van der Waals surface area contributed by atoms with E-state index in [9.17, 15) is 9.50 Å². The lowest BCUT2D eigenvalue weighted by Gasteiger charge is -2.16. The number of hydrogen-bond donors (Lipinski definition) is 3. The van der Waals surface area contributed by atoms with Gasteiger partial charge in [-0.15, -0.1) is 0 Å². The molecule has 2 atom stereocenters. The van der Waals surface area contributed by atoms with Crippen LogP contribution in [0.4, 0.5) is 27.5 Å². The van der Waals surface area contributed by atoms with E-state index in [1.54, 1.807) is 18.2 Å². The van der Waals surface area contributed by atoms with Gasteiger partial charge in [0.2, 0.25) is 11.6 Å². The summed E-state index contributed by atoms with van der Waals surface area (Å²) in [6.45, 7) is 7.97. The minimum absolute atomic E-state index is 0.0550. The Hall–Kier alpha value is -3.70. The molecule has 8 heteroatoms. The molecule has 0 saturated carbocycles. The average molecular weight is 431 g/mol. The van der Waals surface area contributed by atoms with Gasteiger partial charge >= 0.3 is 0 Å². The van der Waals surface area contributed by atoms with Gasteiger partial charge < -0.3 is 20.5 Å². The van der Waals surface area contributed by atoms with Crippen LogP contribution in [0.25, 0.3) is 4.85 Å². The number of nitrogens with zero attached hydrogens (tertiary/aromatic N) is 3. The molecule has 1 aromatic heterocycles. The van der Waals surface area contributed by atoms with Crippen LogP contribution >= 0.6 is 0 Å². The molecule has 0 saturated heterocycles. The van der Waals surface area contributed by atoms with E-state index in [-0.39, 0.29) is 18.3 Å². The zero-order valence-corrected chi connectivity index (χ0v) is 17.3. The van der Waals surface area contributed by atoms with E-state index in [1.807, 2.05) is 12.1 Å². The molecule has 7 nitrogen and oxygen atoms in total. The third kappa shape index (κ3) is 3.95. The molecule has 0 fully saturated rings. The average Bonchev–Trinajstić information content (AvgIpc) is 3.22. The molecular formula is C24H22FN5O2. The van der Waals surface area contributed by atoms with E-state index in [0.717, 1.165) is 35.5 Å².